The Morgan fingerprint density at radius 2 is 1.70 bits per heavy atom. The molecule has 2 aromatic carbocycles. The van der Waals surface area contributed by atoms with Gasteiger partial charge >= 0.3 is 5.97 Å². The highest BCUT2D eigenvalue weighted by Gasteiger charge is 2.38. The maximum atomic E-state index is 13.5. The molecule has 10 heteroatoms. The Balaban J connectivity index is 1.72. The SMILES string of the molecule is CCOC(=O)C1=C(C)N(CC(=O)Nc2ccc(F)cc2)c2ncnn2C1c1ccc(F)cc1. The molecule has 1 unspecified atom stereocenters. The maximum absolute atomic E-state index is 13.5. The molecule has 1 N–H and O–H groups in total. The third-order valence-electron chi connectivity index (χ3n) is 5.22. The van der Waals surface area contributed by atoms with Crippen molar-refractivity contribution in [3.05, 3.63) is 83.3 Å². The van der Waals surface area contributed by atoms with E-state index in [0.29, 0.717) is 22.9 Å². The van der Waals surface area contributed by atoms with Gasteiger partial charge in [-0.05, 0) is 55.8 Å². The van der Waals surface area contributed by atoms with Crippen LogP contribution in [0.1, 0.15) is 25.5 Å². The first-order valence-corrected chi connectivity index (χ1v) is 10.2. The number of nitrogens with one attached hydrogen (secondary N) is 1. The third-order valence-corrected chi connectivity index (χ3v) is 5.22. The zero-order chi connectivity index (χ0) is 23.5. The number of halogens is 2. The average molecular weight is 453 g/mol. The Bertz CT molecular complexity index is 1210. The maximum Gasteiger partial charge on any atom is 0.338 e. The monoisotopic (exact) mass is 453 g/mol. The summed E-state index contributed by atoms with van der Waals surface area (Å²) in [6.07, 6.45) is 1.32. The highest BCUT2D eigenvalue weighted by atomic mass is 19.1. The van der Waals surface area contributed by atoms with E-state index in [1.807, 2.05) is 0 Å². The van der Waals surface area contributed by atoms with Gasteiger partial charge in [-0.1, -0.05) is 12.1 Å². The zero-order valence-electron chi connectivity index (χ0n) is 18.0. The van der Waals surface area contributed by atoms with Crippen LogP contribution in [0.5, 0.6) is 0 Å². The van der Waals surface area contributed by atoms with E-state index in [9.17, 15) is 18.4 Å². The molecular formula is C23H21F2N5O3. The lowest BCUT2D eigenvalue weighted by Crippen LogP contribution is -2.40. The molecule has 1 atom stereocenters. The van der Waals surface area contributed by atoms with E-state index < -0.39 is 29.6 Å². The topological polar surface area (TPSA) is 89.3 Å². The van der Waals surface area contributed by atoms with Crippen LogP contribution < -0.4 is 10.2 Å². The number of ether oxygens (including phenoxy) is 1. The number of allylic oxidation sites excluding steroid dienone is 1. The van der Waals surface area contributed by atoms with E-state index in [-0.39, 0.29) is 18.7 Å². The number of benzene rings is 2. The Kier molecular flexibility index (Phi) is 6.16. The standard InChI is InChI=1S/C23H21F2N5O3/c1-3-33-22(32)20-14(2)29(12-19(31)28-18-10-8-17(25)9-11-18)23-26-13-27-30(23)21(20)15-4-6-16(24)7-5-15/h4-11,13,21H,3,12H2,1-2H3,(H,28,31). The second-order valence-electron chi connectivity index (χ2n) is 7.32. The van der Waals surface area contributed by atoms with Crippen LogP contribution in [0.25, 0.3) is 0 Å². The Labute approximate surface area is 188 Å². The van der Waals surface area contributed by atoms with Gasteiger partial charge in [-0.3, -0.25) is 4.79 Å². The summed E-state index contributed by atoms with van der Waals surface area (Å²) in [6, 6.07) is 10.4. The predicted octanol–water partition coefficient (Wildman–Crippen LogP) is 3.44. The van der Waals surface area contributed by atoms with E-state index in [0.717, 1.165) is 0 Å². The minimum Gasteiger partial charge on any atom is -0.463 e. The van der Waals surface area contributed by atoms with Crippen LogP contribution in [0.2, 0.25) is 0 Å². The number of nitrogens with zero attached hydrogens (tertiary/aromatic N) is 4. The van der Waals surface area contributed by atoms with Crippen molar-refractivity contribution < 1.29 is 23.1 Å². The number of hydrogen-bond acceptors (Lipinski definition) is 6. The molecule has 2 heterocycles. The molecule has 3 aromatic rings. The second-order valence-corrected chi connectivity index (χ2v) is 7.32. The summed E-state index contributed by atoms with van der Waals surface area (Å²) in [7, 11) is 0. The van der Waals surface area contributed by atoms with Crippen LogP contribution in [0, 0.1) is 11.6 Å². The summed E-state index contributed by atoms with van der Waals surface area (Å²) in [6.45, 7) is 3.35. The number of esters is 1. The lowest BCUT2D eigenvalue weighted by Gasteiger charge is -2.35. The van der Waals surface area contributed by atoms with Crippen molar-refractivity contribution in [3.8, 4) is 0 Å². The Hall–Kier alpha value is -4.08. The van der Waals surface area contributed by atoms with Gasteiger partial charge in [0.05, 0.1) is 12.2 Å². The van der Waals surface area contributed by atoms with E-state index in [1.54, 1.807) is 30.9 Å². The summed E-state index contributed by atoms with van der Waals surface area (Å²) in [4.78, 5) is 31.6. The van der Waals surface area contributed by atoms with Crippen molar-refractivity contribution in [3.63, 3.8) is 0 Å². The van der Waals surface area contributed by atoms with Gasteiger partial charge in [0.1, 0.15) is 30.5 Å². The minimum absolute atomic E-state index is 0.154. The largest absolute Gasteiger partial charge is 0.463 e. The number of amides is 1. The summed E-state index contributed by atoms with van der Waals surface area (Å²) < 4.78 is 33.5. The quantitative estimate of drug-likeness (QED) is 0.575. The van der Waals surface area contributed by atoms with Crippen LogP contribution in [0.3, 0.4) is 0 Å². The van der Waals surface area contributed by atoms with Gasteiger partial charge in [-0.25, -0.2) is 18.3 Å². The van der Waals surface area contributed by atoms with Crippen molar-refractivity contribution >= 4 is 23.5 Å². The average Bonchev–Trinajstić information content (AvgIpc) is 3.27. The van der Waals surface area contributed by atoms with Crippen molar-refractivity contribution in [1.29, 1.82) is 0 Å². The predicted molar refractivity (Wildman–Crippen MR) is 116 cm³/mol. The smallest absolute Gasteiger partial charge is 0.338 e. The number of fused-ring (bicyclic) bond motifs is 1. The summed E-state index contributed by atoms with van der Waals surface area (Å²) >= 11 is 0. The lowest BCUT2D eigenvalue weighted by atomic mass is 9.95. The Morgan fingerprint density at radius 3 is 2.33 bits per heavy atom. The molecule has 0 spiro atoms. The molecule has 4 rings (SSSR count). The van der Waals surface area contributed by atoms with Crippen LogP contribution in [-0.4, -0.2) is 39.8 Å². The molecule has 0 saturated carbocycles. The first-order valence-electron chi connectivity index (χ1n) is 10.2. The van der Waals surface area contributed by atoms with Crippen molar-refractivity contribution in [2.45, 2.75) is 19.9 Å². The fourth-order valence-corrected chi connectivity index (χ4v) is 3.72. The van der Waals surface area contributed by atoms with Crippen molar-refractivity contribution in [2.75, 3.05) is 23.4 Å². The normalized spacial score (nSPS) is 15.3. The fourth-order valence-electron chi connectivity index (χ4n) is 3.72. The van der Waals surface area contributed by atoms with E-state index >= 15 is 0 Å². The molecule has 1 aromatic heterocycles. The van der Waals surface area contributed by atoms with Gasteiger partial charge in [0.15, 0.2) is 0 Å². The third kappa shape index (κ3) is 4.45. The second kappa shape index (κ2) is 9.19. The van der Waals surface area contributed by atoms with Gasteiger partial charge in [0, 0.05) is 11.4 Å². The first-order chi connectivity index (χ1) is 15.9. The summed E-state index contributed by atoms with van der Waals surface area (Å²) in [5, 5.41) is 6.96. The number of hydrogen-bond donors (Lipinski definition) is 1. The van der Waals surface area contributed by atoms with E-state index in [1.165, 1.54) is 47.4 Å². The molecule has 1 amide bonds. The van der Waals surface area contributed by atoms with Crippen LogP contribution in [0.15, 0.2) is 66.1 Å². The van der Waals surface area contributed by atoms with Gasteiger partial charge in [-0.15, -0.1) is 0 Å². The lowest BCUT2D eigenvalue weighted by molar-refractivity contribution is -0.139. The number of rotatable bonds is 6. The number of anilines is 2. The molecule has 0 radical (unpaired) electrons. The van der Waals surface area contributed by atoms with Crippen LogP contribution >= 0.6 is 0 Å². The zero-order valence-corrected chi connectivity index (χ0v) is 18.0. The number of carbonyl (C=O) groups excluding carboxylic acids is 2. The molecular weight excluding hydrogens is 432 g/mol. The Morgan fingerprint density at radius 1 is 1.06 bits per heavy atom. The van der Waals surface area contributed by atoms with E-state index in [4.69, 9.17) is 4.74 Å². The van der Waals surface area contributed by atoms with Gasteiger partial charge in [0.25, 0.3) is 0 Å². The van der Waals surface area contributed by atoms with Gasteiger partial charge < -0.3 is 15.0 Å². The molecule has 8 nitrogen and oxygen atoms in total. The molecule has 0 saturated heterocycles. The summed E-state index contributed by atoms with van der Waals surface area (Å²) in [5.74, 6) is -1.47. The van der Waals surface area contributed by atoms with Crippen LogP contribution in [0.4, 0.5) is 20.4 Å². The van der Waals surface area contributed by atoms with Crippen molar-refractivity contribution in [1.82, 2.24) is 14.8 Å². The first kappa shape index (κ1) is 22.1. The highest BCUT2D eigenvalue weighted by molar-refractivity contribution is 5.96. The van der Waals surface area contributed by atoms with Crippen LogP contribution in [-0.2, 0) is 14.3 Å². The van der Waals surface area contributed by atoms with E-state index in [2.05, 4.69) is 15.4 Å². The number of carbonyl (C=O) groups is 2. The summed E-state index contributed by atoms with van der Waals surface area (Å²) in [5.41, 5.74) is 1.76. The number of aromatic nitrogens is 3. The van der Waals surface area contributed by atoms with Crippen molar-refractivity contribution in [2.24, 2.45) is 0 Å². The molecule has 0 bridgehead atoms. The molecule has 170 valence electrons. The molecule has 33 heavy (non-hydrogen) atoms. The molecule has 0 fully saturated rings. The van der Waals surface area contributed by atoms with Gasteiger partial charge in [0.2, 0.25) is 11.9 Å². The minimum atomic E-state index is -0.710. The van der Waals surface area contributed by atoms with Gasteiger partial charge in [-0.2, -0.15) is 10.1 Å². The highest BCUT2D eigenvalue weighted by Crippen LogP contribution is 2.38. The molecule has 1 aliphatic rings. The fraction of sp³-hybridized carbons (Fsp3) is 0.217. The molecule has 1 aliphatic heterocycles. The molecule has 0 aliphatic carbocycles.